The van der Waals surface area contributed by atoms with Gasteiger partial charge in [0.1, 0.15) is 16.3 Å². The van der Waals surface area contributed by atoms with Crippen LogP contribution in [0.5, 0.6) is 17.2 Å². The third-order valence-corrected chi connectivity index (χ3v) is 6.29. The van der Waals surface area contributed by atoms with Crippen molar-refractivity contribution in [3.05, 3.63) is 45.6 Å². The van der Waals surface area contributed by atoms with Crippen molar-refractivity contribution in [2.75, 3.05) is 14.2 Å². The fraction of sp³-hybridized carbons (Fsp3) is 0.273. The Balaban J connectivity index is 2.08. The first kappa shape index (κ1) is 20.8. The minimum Gasteiger partial charge on any atom is -0.502 e. The van der Waals surface area contributed by atoms with Gasteiger partial charge in [-0.25, -0.2) is 4.98 Å². The lowest BCUT2D eigenvalue weighted by molar-refractivity contribution is 0.340. The van der Waals surface area contributed by atoms with Crippen LogP contribution in [0, 0.1) is 4.91 Å². The van der Waals surface area contributed by atoms with E-state index < -0.39 is 0 Å². The van der Waals surface area contributed by atoms with Crippen molar-refractivity contribution < 1.29 is 14.6 Å². The number of rotatable bonds is 7. The van der Waals surface area contributed by atoms with Gasteiger partial charge >= 0.3 is 0 Å². The number of aromatic hydroxyl groups is 1. The maximum absolute atomic E-state index is 13.6. The lowest BCUT2D eigenvalue weighted by Crippen LogP contribution is -2.23. The molecule has 8 nitrogen and oxygen atoms in total. The van der Waals surface area contributed by atoms with E-state index in [0.29, 0.717) is 38.2 Å². The summed E-state index contributed by atoms with van der Waals surface area (Å²) in [6.07, 6.45) is 1.69. The fourth-order valence-corrected chi connectivity index (χ4v) is 4.72. The standard InChI is InChI=1S/C22H21N3O5S/c1-4-5-9-25-20(12-10-15(29-2)18(26)16(11-12)30-3)23-21-17(22(25)27)13-7-6-8-14(24-28)19(13)31-21/h6-8,10-11,26H,4-5,9H2,1-3H3. The topological polar surface area (TPSA) is 103 Å². The summed E-state index contributed by atoms with van der Waals surface area (Å²) in [4.78, 5) is 30.2. The molecule has 2 aromatic heterocycles. The van der Waals surface area contributed by atoms with E-state index in [0.717, 1.165) is 12.8 Å². The van der Waals surface area contributed by atoms with E-state index in [4.69, 9.17) is 14.5 Å². The normalized spacial score (nSPS) is 11.2. The summed E-state index contributed by atoms with van der Waals surface area (Å²) in [5.41, 5.74) is 0.677. The van der Waals surface area contributed by atoms with Gasteiger partial charge in [0, 0.05) is 17.5 Å². The SMILES string of the molecule is CCCCn1c(-c2cc(OC)c(O)c(OC)c2)nc2sc3c(N=O)cccc3c2c1=O. The molecule has 0 unspecified atom stereocenters. The number of unbranched alkanes of at least 4 members (excludes halogenated alkanes) is 1. The number of phenolic OH excluding ortho intramolecular Hbond substituents is 1. The van der Waals surface area contributed by atoms with Gasteiger partial charge in [-0.1, -0.05) is 25.5 Å². The second kappa shape index (κ2) is 8.35. The Morgan fingerprint density at radius 1 is 1.19 bits per heavy atom. The molecule has 2 heterocycles. The summed E-state index contributed by atoms with van der Waals surface area (Å²) in [5, 5.41) is 14.5. The average Bonchev–Trinajstić information content (AvgIpc) is 3.17. The highest BCUT2D eigenvalue weighted by molar-refractivity contribution is 7.26. The molecule has 0 bridgehead atoms. The van der Waals surface area contributed by atoms with Crippen molar-refractivity contribution in [1.82, 2.24) is 9.55 Å². The number of benzene rings is 2. The predicted octanol–water partition coefficient (Wildman–Crippen LogP) is 5.20. The molecule has 2 aromatic carbocycles. The number of methoxy groups -OCH3 is 2. The number of nitrogens with zero attached hydrogens (tertiary/aromatic N) is 3. The molecule has 0 saturated carbocycles. The lowest BCUT2D eigenvalue weighted by Gasteiger charge is -2.15. The number of hydrogen-bond acceptors (Lipinski definition) is 8. The van der Waals surface area contributed by atoms with Crippen LogP contribution in [-0.2, 0) is 6.54 Å². The van der Waals surface area contributed by atoms with Crippen molar-refractivity contribution in [2.45, 2.75) is 26.3 Å². The molecule has 4 rings (SSSR count). The highest BCUT2D eigenvalue weighted by atomic mass is 32.1. The van der Waals surface area contributed by atoms with E-state index in [9.17, 15) is 14.8 Å². The molecule has 0 aliphatic heterocycles. The molecule has 1 N–H and O–H groups in total. The van der Waals surface area contributed by atoms with Crippen LogP contribution in [-0.4, -0.2) is 28.9 Å². The monoisotopic (exact) mass is 439 g/mol. The van der Waals surface area contributed by atoms with E-state index >= 15 is 0 Å². The number of hydrogen-bond donors (Lipinski definition) is 1. The molecule has 160 valence electrons. The van der Waals surface area contributed by atoms with Crippen LogP contribution in [0.2, 0.25) is 0 Å². The van der Waals surface area contributed by atoms with Crippen molar-refractivity contribution in [1.29, 1.82) is 0 Å². The van der Waals surface area contributed by atoms with Crippen LogP contribution < -0.4 is 15.0 Å². The van der Waals surface area contributed by atoms with Gasteiger partial charge in [0.25, 0.3) is 5.56 Å². The minimum absolute atomic E-state index is 0.124. The van der Waals surface area contributed by atoms with E-state index in [1.165, 1.54) is 25.6 Å². The lowest BCUT2D eigenvalue weighted by atomic mass is 10.1. The summed E-state index contributed by atoms with van der Waals surface area (Å²) in [6, 6.07) is 8.39. The first-order chi connectivity index (χ1) is 15.0. The van der Waals surface area contributed by atoms with Crippen molar-refractivity contribution >= 4 is 37.3 Å². The highest BCUT2D eigenvalue weighted by Crippen LogP contribution is 2.41. The van der Waals surface area contributed by atoms with Gasteiger partial charge in [-0.15, -0.1) is 16.2 Å². The number of ether oxygens (including phenoxy) is 2. The molecule has 0 fully saturated rings. The van der Waals surface area contributed by atoms with E-state index in [-0.39, 0.29) is 28.5 Å². The first-order valence-electron chi connectivity index (χ1n) is 9.78. The summed E-state index contributed by atoms with van der Waals surface area (Å²) in [7, 11) is 2.89. The Morgan fingerprint density at radius 3 is 2.52 bits per heavy atom. The Hall–Kier alpha value is -3.46. The van der Waals surface area contributed by atoms with Crippen molar-refractivity contribution in [3.8, 4) is 28.6 Å². The average molecular weight is 439 g/mol. The van der Waals surface area contributed by atoms with E-state index in [1.54, 1.807) is 28.8 Å². The van der Waals surface area contributed by atoms with Crippen LogP contribution in [0.1, 0.15) is 19.8 Å². The smallest absolute Gasteiger partial charge is 0.263 e. The first-order valence-corrected chi connectivity index (χ1v) is 10.6. The summed E-state index contributed by atoms with van der Waals surface area (Å²) in [5.74, 6) is 0.750. The second-order valence-corrected chi connectivity index (χ2v) is 8.00. The molecular weight excluding hydrogens is 418 g/mol. The highest BCUT2D eigenvalue weighted by Gasteiger charge is 2.21. The van der Waals surface area contributed by atoms with Crippen LogP contribution in [0.15, 0.2) is 40.3 Å². The maximum Gasteiger partial charge on any atom is 0.263 e. The molecule has 31 heavy (non-hydrogen) atoms. The number of thiophene rings is 1. The zero-order valence-corrected chi connectivity index (χ0v) is 18.2. The predicted molar refractivity (Wildman–Crippen MR) is 122 cm³/mol. The summed E-state index contributed by atoms with van der Waals surface area (Å²) < 4.78 is 12.8. The van der Waals surface area contributed by atoms with Gasteiger partial charge in [-0.3, -0.25) is 9.36 Å². The Labute approximate surface area is 181 Å². The zero-order valence-electron chi connectivity index (χ0n) is 17.3. The molecule has 0 aliphatic carbocycles. The van der Waals surface area contributed by atoms with Crippen LogP contribution in [0.3, 0.4) is 0 Å². The summed E-state index contributed by atoms with van der Waals surface area (Å²) >= 11 is 1.26. The van der Waals surface area contributed by atoms with E-state index in [2.05, 4.69) is 5.18 Å². The number of phenols is 1. The molecule has 0 atom stereocenters. The third-order valence-electron chi connectivity index (χ3n) is 5.17. The molecule has 0 spiro atoms. The van der Waals surface area contributed by atoms with Gasteiger partial charge in [0.05, 0.1) is 24.3 Å². The molecular formula is C22H21N3O5S. The Kier molecular flexibility index (Phi) is 5.60. The zero-order chi connectivity index (χ0) is 22.1. The Bertz CT molecular complexity index is 1330. The van der Waals surface area contributed by atoms with Gasteiger partial charge in [-0.05, 0) is 29.8 Å². The Morgan fingerprint density at radius 2 is 1.90 bits per heavy atom. The molecule has 0 aliphatic rings. The molecule has 0 amide bonds. The summed E-state index contributed by atoms with van der Waals surface area (Å²) in [6.45, 7) is 2.52. The number of fused-ring (bicyclic) bond motifs is 3. The number of nitroso groups, excluding NO2 is 1. The third kappa shape index (κ3) is 3.40. The quantitative estimate of drug-likeness (QED) is 0.397. The van der Waals surface area contributed by atoms with Gasteiger partial charge in [0.2, 0.25) is 5.75 Å². The molecule has 0 saturated heterocycles. The van der Waals surface area contributed by atoms with Crippen LogP contribution in [0.4, 0.5) is 5.69 Å². The fourth-order valence-electron chi connectivity index (χ4n) is 3.60. The van der Waals surface area contributed by atoms with Crippen LogP contribution in [0.25, 0.3) is 31.7 Å². The van der Waals surface area contributed by atoms with Gasteiger partial charge < -0.3 is 14.6 Å². The van der Waals surface area contributed by atoms with Crippen LogP contribution >= 0.6 is 11.3 Å². The molecule has 9 heteroatoms. The molecule has 0 radical (unpaired) electrons. The molecule has 4 aromatic rings. The number of aromatic nitrogens is 2. The van der Waals surface area contributed by atoms with Gasteiger partial charge in [0.15, 0.2) is 11.5 Å². The van der Waals surface area contributed by atoms with E-state index in [1.807, 2.05) is 13.0 Å². The largest absolute Gasteiger partial charge is 0.502 e. The van der Waals surface area contributed by atoms with Gasteiger partial charge in [-0.2, -0.15) is 0 Å². The van der Waals surface area contributed by atoms with Crippen molar-refractivity contribution in [3.63, 3.8) is 0 Å². The minimum atomic E-state index is -0.186. The second-order valence-electron chi connectivity index (χ2n) is 7.00. The maximum atomic E-state index is 13.6. The van der Waals surface area contributed by atoms with Crippen molar-refractivity contribution in [2.24, 2.45) is 5.18 Å².